The van der Waals surface area contributed by atoms with Crippen LogP contribution in [0.5, 0.6) is 0 Å². The van der Waals surface area contributed by atoms with Crippen molar-refractivity contribution in [3.8, 4) is 0 Å². The van der Waals surface area contributed by atoms with Crippen molar-refractivity contribution < 1.29 is 9.18 Å². The van der Waals surface area contributed by atoms with Crippen LogP contribution < -0.4 is 10.6 Å². The molecule has 0 saturated heterocycles. The van der Waals surface area contributed by atoms with Gasteiger partial charge in [0.15, 0.2) is 0 Å². The second-order valence-electron chi connectivity index (χ2n) is 5.31. The maximum atomic E-state index is 12.9. The predicted molar refractivity (Wildman–Crippen MR) is 95.9 cm³/mol. The van der Waals surface area contributed by atoms with Gasteiger partial charge >= 0.3 is 0 Å². The van der Waals surface area contributed by atoms with Gasteiger partial charge in [0.05, 0.1) is 0 Å². The molecule has 3 aromatic rings. The number of benzene rings is 2. The van der Waals surface area contributed by atoms with E-state index >= 15 is 0 Å². The summed E-state index contributed by atoms with van der Waals surface area (Å²) in [4.78, 5) is 20.9. The lowest BCUT2D eigenvalue weighted by atomic mass is 10.2. The van der Waals surface area contributed by atoms with Gasteiger partial charge in [-0.25, -0.2) is 14.4 Å². The van der Waals surface area contributed by atoms with Crippen LogP contribution in [0.1, 0.15) is 16.2 Å². The van der Waals surface area contributed by atoms with Crippen molar-refractivity contribution in [1.29, 1.82) is 0 Å². The molecule has 5 nitrogen and oxygen atoms in total. The second kappa shape index (κ2) is 7.27. The summed E-state index contributed by atoms with van der Waals surface area (Å²) in [5.41, 5.74) is 2.07. The molecule has 0 aliphatic heterocycles. The highest BCUT2D eigenvalue weighted by atomic mass is 35.5. The number of rotatable bonds is 4. The summed E-state index contributed by atoms with van der Waals surface area (Å²) >= 11 is 5.86. The van der Waals surface area contributed by atoms with Crippen LogP contribution in [0, 0.1) is 12.7 Å². The molecule has 0 atom stereocenters. The van der Waals surface area contributed by atoms with Crippen molar-refractivity contribution in [3.63, 3.8) is 0 Å². The predicted octanol–water partition coefficient (Wildman–Crippen LogP) is 4.57. The van der Waals surface area contributed by atoms with Gasteiger partial charge in [-0.2, -0.15) is 0 Å². The molecule has 1 aromatic heterocycles. The summed E-state index contributed by atoms with van der Waals surface area (Å²) in [7, 11) is 0. The summed E-state index contributed by atoms with van der Waals surface area (Å²) in [6, 6.07) is 14.1. The molecule has 0 aliphatic carbocycles. The number of hydrogen-bond acceptors (Lipinski definition) is 4. The van der Waals surface area contributed by atoms with Gasteiger partial charge in [-0.15, -0.1) is 0 Å². The van der Waals surface area contributed by atoms with Crippen LogP contribution in [-0.4, -0.2) is 15.9 Å². The summed E-state index contributed by atoms with van der Waals surface area (Å²) in [6.07, 6.45) is 0. The molecule has 0 aliphatic rings. The standard InChI is InChI=1S/C18H14ClFN4O/c1-11-10-16(17(25)22-14-8-4-13(20)5-9-14)24-18(21-11)23-15-6-2-12(19)3-7-15/h2-10H,1H3,(H,22,25)(H,21,23,24). The maximum absolute atomic E-state index is 12.9. The Bertz CT molecular complexity index is 898. The molecule has 1 amide bonds. The molecule has 2 N–H and O–H groups in total. The fourth-order valence-corrected chi connectivity index (χ4v) is 2.26. The lowest BCUT2D eigenvalue weighted by Crippen LogP contribution is -2.15. The number of carbonyl (C=O) groups excluding carboxylic acids is 1. The van der Waals surface area contributed by atoms with Crippen molar-refractivity contribution in [2.75, 3.05) is 10.6 Å². The Labute approximate surface area is 148 Å². The zero-order valence-corrected chi connectivity index (χ0v) is 14.0. The van der Waals surface area contributed by atoms with Crippen molar-refractivity contribution in [3.05, 3.63) is 76.8 Å². The first kappa shape index (κ1) is 16.9. The molecule has 7 heteroatoms. The van der Waals surface area contributed by atoms with Crippen molar-refractivity contribution in [2.24, 2.45) is 0 Å². The summed E-state index contributed by atoms with van der Waals surface area (Å²) in [5, 5.41) is 6.32. The monoisotopic (exact) mass is 356 g/mol. The number of anilines is 3. The Morgan fingerprint density at radius 1 is 1.00 bits per heavy atom. The van der Waals surface area contributed by atoms with E-state index in [1.54, 1.807) is 37.3 Å². The number of halogens is 2. The Kier molecular flexibility index (Phi) is 4.90. The first-order valence-electron chi connectivity index (χ1n) is 7.45. The molecular weight excluding hydrogens is 343 g/mol. The molecule has 0 saturated carbocycles. The minimum absolute atomic E-state index is 0.202. The third-order valence-electron chi connectivity index (χ3n) is 3.29. The number of aromatic nitrogens is 2. The van der Waals surface area contributed by atoms with E-state index < -0.39 is 5.91 Å². The van der Waals surface area contributed by atoms with E-state index in [1.807, 2.05) is 0 Å². The largest absolute Gasteiger partial charge is 0.324 e. The molecule has 1 heterocycles. The van der Waals surface area contributed by atoms with Crippen LogP contribution in [0.3, 0.4) is 0 Å². The molecule has 0 radical (unpaired) electrons. The first-order chi connectivity index (χ1) is 12.0. The molecule has 0 fully saturated rings. The van der Waals surface area contributed by atoms with Crippen LogP contribution in [0.2, 0.25) is 5.02 Å². The first-order valence-corrected chi connectivity index (χ1v) is 7.82. The molecule has 3 rings (SSSR count). The third kappa shape index (κ3) is 4.51. The Morgan fingerprint density at radius 2 is 1.64 bits per heavy atom. The van der Waals surface area contributed by atoms with E-state index in [0.717, 1.165) is 5.69 Å². The average molecular weight is 357 g/mol. The van der Waals surface area contributed by atoms with E-state index in [1.165, 1.54) is 24.3 Å². The van der Waals surface area contributed by atoms with Gasteiger partial charge in [-0.05, 0) is 61.5 Å². The minimum Gasteiger partial charge on any atom is -0.324 e. The highest BCUT2D eigenvalue weighted by Gasteiger charge is 2.11. The number of nitrogens with one attached hydrogen (secondary N) is 2. The summed E-state index contributed by atoms with van der Waals surface area (Å²) in [5.74, 6) is -0.479. The molecule has 0 bridgehead atoms. The smallest absolute Gasteiger partial charge is 0.274 e. The average Bonchev–Trinajstić information content (AvgIpc) is 2.58. The number of carbonyl (C=O) groups is 1. The van der Waals surface area contributed by atoms with Crippen LogP contribution in [-0.2, 0) is 0 Å². The van der Waals surface area contributed by atoms with Crippen LogP contribution in [0.15, 0.2) is 54.6 Å². The fourth-order valence-electron chi connectivity index (χ4n) is 2.13. The highest BCUT2D eigenvalue weighted by Crippen LogP contribution is 2.18. The third-order valence-corrected chi connectivity index (χ3v) is 3.54. The van der Waals surface area contributed by atoms with E-state index in [2.05, 4.69) is 20.6 Å². The van der Waals surface area contributed by atoms with Gasteiger partial charge in [0, 0.05) is 22.1 Å². The number of hydrogen-bond donors (Lipinski definition) is 2. The lowest BCUT2D eigenvalue weighted by molar-refractivity contribution is 0.102. The van der Waals surface area contributed by atoms with Crippen molar-refractivity contribution in [2.45, 2.75) is 6.92 Å². The molecular formula is C18H14ClFN4O. The Balaban J connectivity index is 1.79. The quantitative estimate of drug-likeness (QED) is 0.718. The summed E-state index contributed by atoms with van der Waals surface area (Å²) in [6.45, 7) is 1.77. The van der Waals surface area contributed by atoms with Gasteiger partial charge in [-0.1, -0.05) is 11.6 Å². The van der Waals surface area contributed by atoms with Crippen LogP contribution in [0.25, 0.3) is 0 Å². The van der Waals surface area contributed by atoms with E-state index in [9.17, 15) is 9.18 Å². The minimum atomic E-state index is -0.406. The Morgan fingerprint density at radius 3 is 2.32 bits per heavy atom. The lowest BCUT2D eigenvalue weighted by Gasteiger charge is -2.09. The zero-order chi connectivity index (χ0) is 17.8. The molecule has 25 heavy (non-hydrogen) atoms. The van der Waals surface area contributed by atoms with Gasteiger partial charge in [0.1, 0.15) is 11.5 Å². The van der Waals surface area contributed by atoms with Crippen LogP contribution in [0.4, 0.5) is 21.7 Å². The molecule has 2 aromatic carbocycles. The van der Waals surface area contributed by atoms with E-state index in [0.29, 0.717) is 22.4 Å². The SMILES string of the molecule is Cc1cc(C(=O)Nc2ccc(F)cc2)nc(Nc2ccc(Cl)cc2)n1. The van der Waals surface area contributed by atoms with E-state index in [4.69, 9.17) is 11.6 Å². The topological polar surface area (TPSA) is 66.9 Å². The normalized spacial score (nSPS) is 10.4. The number of amides is 1. The highest BCUT2D eigenvalue weighted by molar-refractivity contribution is 6.30. The Hall–Kier alpha value is -2.99. The molecule has 126 valence electrons. The fraction of sp³-hybridized carbons (Fsp3) is 0.0556. The summed E-state index contributed by atoms with van der Waals surface area (Å²) < 4.78 is 12.9. The zero-order valence-electron chi connectivity index (χ0n) is 13.3. The second-order valence-corrected chi connectivity index (χ2v) is 5.75. The van der Waals surface area contributed by atoms with Gasteiger partial charge in [0.2, 0.25) is 5.95 Å². The van der Waals surface area contributed by atoms with Gasteiger partial charge < -0.3 is 10.6 Å². The van der Waals surface area contributed by atoms with Crippen LogP contribution >= 0.6 is 11.6 Å². The van der Waals surface area contributed by atoms with Crippen molar-refractivity contribution in [1.82, 2.24) is 9.97 Å². The molecule has 0 unspecified atom stereocenters. The van der Waals surface area contributed by atoms with Crippen molar-refractivity contribution >= 4 is 34.8 Å². The maximum Gasteiger partial charge on any atom is 0.274 e. The van der Waals surface area contributed by atoms with Gasteiger partial charge in [0.25, 0.3) is 5.91 Å². The molecule has 0 spiro atoms. The van der Waals surface area contributed by atoms with E-state index in [-0.39, 0.29) is 11.5 Å². The number of nitrogens with zero attached hydrogens (tertiary/aromatic N) is 2. The number of aryl methyl sites for hydroxylation is 1. The van der Waals surface area contributed by atoms with Gasteiger partial charge in [-0.3, -0.25) is 4.79 Å².